The lowest BCUT2D eigenvalue weighted by molar-refractivity contribution is 0.287. The van der Waals surface area contributed by atoms with Gasteiger partial charge in [0.1, 0.15) is 18.1 Å². The van der Waals surface area contributed by atoms with Gasteiger partial charge in [0.05, 0.1) is 18.4 Å². The van der Waals surface area contributed by atoms with Crippen LogP contribution >= 0.6 is 0 Å². The van der Waals surface area contributed by atoms with E-state index in [0.29, 0.717) is 30.2 Å². The van der Waals surface area contributed by atoms with Gasteiger partial charge in [-0.1, -0.05) is 0 Å². The van der Waals surface area contributed by atoms with Crippen molar-refractivity contribution in [2.75, 3.05) is 54.4 Å². The monoisotopic (exact) mass is 481 g/mol. The molecule has 0 bridgehead atoms. The Balaban J connectivity index is 1.44. The van der Waals surface area contributed by atoms with E-state index in [1.807, 2.05) is 30.9 Å². The maximum absolute atomic E-state index is 14.9. The summed E-state index contributed by atoms with van der Waals surface area (Å²) in [5, 5.41) is 6.46. The molecule has 10 heteroatoms. The summed E-state index contributed by atoms with van der Waals surface area (Å²) in [4.78, 5) is 17.1. The van der Waals surface area contributed by atoms with Gasteiger partial charge < -0.3 is 25.2 Å². The highest BCUT2D eigenvalue weighted by Gasteiger charge is 2.25. The van der Waals surface area contributed by atoms with Gasteiger partial charge in [0.15, 0.2) is 17.4 Å². The molecule has 0 atom stereocenters. The Hall–Kier alpha value is -3.53. The average molecular weight is 482 g/mol. The highest BCUT2D eigenvalue weighted by molar-refractivity contribution is 5.73. The Morgan fingerprint density at radius 3 is 2.80 bits per heavy atom. The second kappa shape index (κ2) is 9.99. The molecule has 0 spiro atoms. The molecular formula is C25H29F2N7O. The smallest absolute Gasteiger partial charge is 0.229 e. The van der Waals surface area contributed by atoms with Crippen LogP contribution in [0.15, 0.2) is 36.7 Å². The summed E-state index contributed by atoms with van der Waals surface area (Å²) in [6, 6.07) is 7.00. The molecule has 1 saturated heterocycles. The zero-order valence-corrected chi connectivity index (χ0v) is 19.9. The number of aromatic nitrogens is 3. The number of benzene rings is 1. The SMILES string of the molecule is CC(C)N1CCOc2c(F)cc(-c3nc(Nc4cc(N5CCCNCC5)ccn4)ncc3F)cc21. The Morgan fingerprint density at radius 1 is 1.06 bits per heavy atom. The standard InChI is InChI=1S/C25H29F2N7O/c1-16(2)34-10-11-35-24-19(26)12-17(13-21(24)34)23-20(27)15-30-25(32-23)31-22-14-18(4-6-29-22)33-8-3-5-28-7-9-33/h4,6,12-16,28H,3,5,7-11H2,1-2H3,(H,29,30,31,32). The van der Waals surface area contributed by atoms with Gasteiger partial charge in [-0.25, -0.2) is 23.7 Å². The number of halogens is 2. The number of ether oxygens (including phenoxy) is 1. The van der Waals surface area contributed by atoms with Crippen molar-refractivity contribution in [1.29, 1.82) is 0 Å². The van der Waals surface area contributed by atoms with E-state index >= 15 is 0 Å². The van der Waals surface area contributed by atoms with Crippen LogP contribution in [0.2, 0.25) is 0 Å². The molecule has 0 aliphatic carbocycles. The normalized spacial score (nSPS) is 16.0. The van der Waals surface area contributed by atoms with Gasteiger partial charge in [-0.05, 0) is 45.0 Å². The first kappa shape index (κ1) is 23.2. The van der Waals surface area contributed by atoms with E-state index in [9.17, 15) is 8.78 Å². The number of pyridine rings is 1. The van der Waals surface area contributed by atoms with Gasteiger partial charge in [0, 0.05) is 49.2 Å². The van der Waals surface area contributed by atoms with E-state index in [1.165, 1.54) is 6.07 Å². The minimum absolute atomic E-state index is 0.00762. The van der Waals surface area contributed by atoms with E-state index in [1.54, 1.807) is 12.3 Å². The van der Waals surface area contributed by atoms with Gasteiger partial charge >= 0.3 is 0 Å². The van der Waals surface area contributed by atoms with Gasteiger partial charge in [0.25, 0.3) is 0 Å². The van der Waals surface area contributed by atoms with Crippen molar-refractivity contribution in [3.8, 4) is 17.0 Å². The van der Waals surface area contributed by atoms with Crippen molar-refractivity contribution in [3.63, 3.8) is 0 Å². The lowest BCUT2D eigenvalue weighted by atomic mass is 10.1. The molecule has 5 rings (SSSR count). The summed E-state index contributed by atoms with van der Waals surface area (Å²) < 4.78 is 35.3. The van der Waals surface area contributed by atoms with E-state index in [-0.39, 0.29) is 23.4 Å². The van der Waals surface area contributed by atoms with Crippen LogP contribution in [0.25, 0.3) is 11.3 Å². The van der Waals surface area contributed by atoms with Crippen LogP contribution in [0.4, 0.5) is 31.9 Å². The molecule has 184 valence electrons. The average Bonchev–Trinajstić information content (AvgIpc) is 3.15. The second-order valence-electron chi connectivity index (χ2n) is 8.95. The molecule has 2 aromatic heterocycles. The quantitative estimate of drug-likeness (QED) is 0.567. The number of hydrogen-bond donors (Lipinski definition) is 2. The number of fused-ring (bicyclic) bond motifs is 1. The van der Waals surface area contributed by atoms with Gasteiger partial charge in [-0.15, -0.1) is 0 Å². The molecular weight excluding hydrogens is 452 g/mol. The fraction of sp³-hybridized carbons (Fsp3) is 0.400. The predicted molar refractivity (Wildman–Crippen MR) is 133 cm³/mol. The molecule has 1 fully saturated rings. The van der Waals surface area contributed by atoms with Crippen molar-refractivity contribution in [2.45, 2.75) is 26.3 Å². The third-order valence-electron chi connectivity index (χ3n) is 6.24. The fourth-order valence-corrected chi connectivity index (χ4v) is 4.51. The highest BCUT2D eigenvalue weighted by atomic mass is 19.1. The number of anilines is 4. The fourth-order valence-electron chi connectivity index (χ4n) is 4.51. The molecule has 2 aliphatic heterocycles. The van der Waals surface area contributed by atoms with Crippen LogP contribution in [-0.2, 0) is 0 Å². The van der Waals surface area contributed by atoms with Crippen molar-refractivity contribution < 1.29 is 13.5 Å². The van der Waals surface area contributed by atoms with Crippen LogP contribution in [-0.4, -0.2) is 60.3 Å². The van der Waals surface area contributed by atoms with Gasteiger partial charge in [0.2, 0.25) is 5.95 Å². The first-order valence-electron chi connectivity index (χ1n) is 11.9. The number of nitrogens with zero attached hydrogens (tertiary/aromatic N) is 5. The van der Waals surface area contributed by atoms with Crippen LogP contribution in [0.1, 0.15) is 20.3 Å². The Kier molecular flexibility index (Phi) is 6.63. The molecule has 8 nitrogen and oxygen atoms in total. The predicted octanol–water partition coefficient (Wildman–Crippen LogP) is 3.97. The number of nitrogens with one attached hydrogen (secondary N) is 2. The molecule has 2 aliphatic rings. The van der Waals surface area contributed by atoms with Crippen molar-refractivity contribution in [3.05, 3.63) is 48.3 Å². The maximum atomic E-state index is 14.9. The van der Waals surface area contributed by atoms with Crippen LogP contribution in [0, 0.1) is 11.6 Å². The summed E-state index contributed by atoms with van der Waals surface area (Å²) >= 11 is 0. The summed E-state index contributed by atoms with van der Waals surface area (Å²) in [7, 11) is 0. The minimum Gasteiger partial charge on any atom is -0.486 e. The third kappa shape index (κ3) is 4.97. The third-order valence-corrected chi connectivity index (χ3v) is 6.24. The summed E-state index contributed by atoms with van der Waals surface area (Å²) in [6.45, 7) is 8.86. The largest absolute Gasteiger partial charge is 0.486 e. The topological polar surface area (TPSA) is 78.4 Å². The van der Waals surface area contributed by atoms with Gasteiger partial charge in [-0.2, -0.15) is 0 Å². The van der Waals surface area contributed by atoms with E-state index < -0.39 is 11.6 Å². The second-order valence-corrected chi connectivity index (χ2v) is 8.95. The summed E-state index contributed by atoms with van der Waals surface area (Å²) in [5.41, 5.74) is 1.96. The Labute approximate surface area is 203 Å². The van der Waals surface area contributed by atoms with E-state index in [4.69, 9.17) is 4.74 Å². The molecule has 0 radical (unpaired) electrons. The van der Waals surface area contributed by atoms with Gasteiger partial charge in [-0.3, -0.25) is 0 Å². The minimum atomic E-state index is -0.637. The molecule has 3 aromatic rings. The van der Waals surface area contributed by atoms with Crippen molar-refractivity contribution in [1.82, 2.24) is 20.3 Å². The Morgan fingerprint density at radius 2 is 1.94 bits per heavy atom. The lowest BCUT2D eigenvalue weighted by Crippen LogP contribution is -2.38. The Bertz CT molecular complexity index is 1200. The van der Waals surface area contributed by atoms with Crippen LogP contribution in [0.5, 0.6) is 5.75 Å². The molecule has 4 heterocycles. The molecule has 0 unspecified atom stereocenters. The summed E-state index contributed by atoms with van der Waals surface area (Å²) in [5.74, 6) is -0.267. The molecule has 1 aromatic carbocycles. The molecule has 0 amide bonds. The lowest BCUT2D eigenvalue weighted by Gasteiger charge is -2.34. The van der Waals surface area contributed by atoms with Crippen molar-refractivity contribution in [2.24, 2.45) is 0 Å². The van der Waals surface area contributed by atoms with Crippen molar-refractivity contribution >= 4 is 23.1 Å². The highest BCUT2D eigenvalue weighted by Crippen LogP contribution is 2.39. The molecule has 35 heavy (non-hydrogen) atoms. The van der Waals surface area contributed by atoms with Crippen LogP contribution in [0.3, 0.4) is 0 Å². The zero-order chi connectivity index (χ0) is 24.4. The maximum Gasteiger partial charge on any atom is 0.229 e. The van der Waals surface area contributed by atoms with E-state index in [2.05, 4.69) is 30.5 Å². The first-order chi connectivity index (χ1) is 17.0. The van der Waals surface area contributed by atoms with E-state index in [0.717, 1.165) is 44.5 Å². The molecule has 0 saturated carbocycles. The number of rotatable bonds is 5. The molecule has 2 N–H and O–H groups in total. The number of hydrogen-bond acceptors (Lipinski definition) is 8. The first-order valence-corrected chi connectivity index (χ1v) is 11.9. The van der Waals surface area contributed by atoms with Crippen LogP contribution < -0.4 is 25.2 Å². The summed E-state index contributed by atoms with van der Waals surface area (Å²) in [6.07, 6.45) is 3.87. The zero-order valence-electron chi connectivity index (χ0n) is 19.9.